The second-order valence-corrected chi connectivity index (χ2v) is 4.25. The van der Waals surface area contributed by atoms with Crippen LogP contribution in [0.15, 0.2) is 0 Å². The van der Waals surface area contributed by atoms with Crippen molar-refractivity contribution in [1.29, 1.82) is 0 Å². The Balaban J connectivity index is 2.43. The van der Waals surface area contributed by atoms with E-state index in [1.807, 2.05) is 0 Å². The molecule has 0 aromatic rings. The predicted octanol–water partition coefficient (Wildman–Crippen LogP) is 3.68. The van der Waals surface area contributed by atoms with Crippen LogP contribution in [0.3, 0.4) is 0 Å². The zero-order valence-corrected chi connectivity index (χ0v) is 8.40. The summed E-state index contributed by atoms with van der Waals surface area (Å²) in [5.41, 5.74) is 0. The molecule has 0 N–H and O–H groups in total. The smallest absolute Gasteiger partial charge is 0.123 e. The van der Waals surface area contributed by atoms with Gasteiger partial charge in [0.25, 0.3) is 0 Å². The maximum absolute atomic E-state index is 6.23. The molecule has 1 saturated carbocycles. The first-order valence-electron chi connectivity index (χ1n) is 4.93. The molecule has 11 heavy (non-hydrogen) atoms. The van der Waals surface area contributed by atoms with Gasteiger partial charge < -0.3 is 0 Å². The largest absolute Gasteiger partial charge is 0.144 e. The lowest BCUT2D eigenvalue weighted by molar-refractivity contribution is 0.846. The second kappa shape index (κ2) is 4.40. The van der Waals surface area contributed by atoms with Gasteiger partial charge in [0.2, 0.25) is 0 Å². The first-order chi connectivity index (χ1) is 5.29. The van der Waals surface area contributed by atoms with Crippen molar-refractivity contribution < 1.29 is 0 Å². The molecule has 0 saturated heterocycles. The van der Waals surface area contributed by atoms with Crippen molar-refractivity contribution in [2.24, 2.45) is 0 Å². The van der Waals surface area contributed by atoms with Crippen LogP contribution >= 0.6 is 11.6 Å². The van der Waals surface area contributed by atoms with Crippen LogP contribution in [-0.4, -0.2) is 12.1 Å². The van der Waals surface area contributed by atoms with Crippen molar-refractivity contribution in [1.82, 2.24) is 0 Å². The molecule has 0 spiro atoms. The van der Waals surface area contributed by atoms with Gasteiger partial charge in [0.1, 0.15) is 6.71 Å². The molecule has 1 rings (SSSR count). The Bertz CT molecular complexity index is 112. The minimum atomic E-state index is 0.486. The van der Waals surface area contributed by atoms with Crippen LogP contribution in [0.2, 0.25) is 18.5 Å². The van der Waals surface area contributed by atoms with E-state index in [1.165, 1.54) is 31.9 Å². The molecule has 64 valence electrons. The molecule has 1 aliphatic rings. The highest BCUT2D eigenvalue weighted by atomic mass is 35.5. The normalized spacial score (nSPS) is 30.8. The average molecular weight is 173 g/mol. The van der Waals surface area contributed by atoms with Gasteiger partial charge in [-0.05, 0) is 12.2 Å². The fourth-order valence-corrected chi connectivity index (χ4v) is 2.85. The fraction of sp³-hybridized carbons (Fsp3) is 1.00. The highest BCUT2D eigenvalue weighted by molar-refractivity contribution is 6.61. The lowest BCUT2D eigenvalue weighted by Crippen LogP contribution is -2.21. The van der Waals surface area contributed by atoms with Crippen LogP contribution in [0.4, 0.5) is 0 Å². The predicted molar refractivity (Wildman–Crippen MR) is 54.0 cm³/mol. The molecule has 1 fully saturated rings. The van der Waals surface area contributed by atoms with E-state index in [0.29, 0.717) is 5.38 Å². The van der Waals surface area contributed by atoms with E-state index in [2.05, 4.69) is 13.8 Å². The summed E-state index contributed by atoms with van der Waals surface area (Å²) < 4.78 is 0. The summed E-state index contributed by atoms with van der Waals surface area (Å²) in [6.07, 6.45) is 6.60. The molecule has 0 aromatic carbocycles. The first-order valence-corrected chi connectivity index (χ1v) is 5.37. The minimum absolute atomic E-state index is 0.486. The Morgan fingerprint density at radius 2 is 1.91 bits per heavy atom. The summed E-state index contributed by atoms with van der Waals surface area (Å²) in [6.45, 7) is 5.46. The fourth-order valence-electron chi connectivity index (χ4n) is 2.37. The number of hydrogen-bond acceptors (Lipinski definition) is 0. The van der Waals surface area contributed by atoms with Crippen LogP contribution < -0.4 is 0 Å². The zero-order chi connectivity index (χ0) is 8.27. The molecule has 0 heterocycles. The highest BCUT2D eigenvalue weighted by Crippen LogP contribution is 2.39. The van der Waals surface area contributed by atoms with Gasteiger partial charge in [0.15, 0.2) is 0 Å². The molecule has 0 radical (unpaired) electrons. The van der Waals surface area contributed by atoms with Gasteiger partial charge in [-0.2, -0.15) is 0 Å². The van der Waals surface area contributed by atoms with Gasteiger partial charge in [0, 0.05) is 5.38 Å². The molecule has 2 atom stereocenters. The van der Waals surface area contributed by atoms with Crippen molar-refractivity contribution in [2.45, 2.75) is 56.9 Å². The summed E-state index contributed by atoms with van der Waals surface area (Å²) in [7, 11) is 0. The van der Waals surface area contributed by atoms with E-state index in [1.54, 1.807) is 0 Å². The van der Waals surface area contributed by atoms with Crippen molar-refractivity contribution >= 4 is 18.3 Å². The van der Waals surface area contributed by atoms with E-state index in [4.69, 9.17) is 11.6 Å². The number of rotatable bonds is 3. The van der Waals surface area contributed by atoms with Gasteiger partial charge >= 0.3 is 0 Å². The molecule has 0 amide bonds. The minimum Gasteiger partial charge on any atom is -0.123 e. The SMILES string of the molecule is CCB(CC)C1CCCC1Cl. The van der Waals surface area contributed by atoms with E-state index in [0.717, 1.165) is 12.5 Å². The Kier molecular flexibility index (Phi) is 3.78. The van der Waals surface area contributed by atoms with E-state index in [9.17, 15) is 0 Å². The van der Waals surface area contributed by atoms with Crippen molar-refractivity contribution in [3.63, 3.8) is 0 Å². The van der Waals surface area contributed by atoms with Crippen molar-refractivity contribution in [3.8, 4) is 0 Å². The molecule has 0 bridgehead atoms. The Morgan fingerprint density at radius 1 is 1.27 bits per heavy atom. The van der Waals surface area contributed by atoms with E-state index in [-0.39, 0.29) is 0 Å². The number of alkyl halides is 1. The molecular formula is C9H18BCl. The first kappa shape index (κ1) is 9.44. The third kappa shape index (κ3) is 2.15. The quantitative estimate of drug-likeness (QED) is 0.450. The lowest BCUT2D eigenvalue weighted by atomic mass is 9.37. The summed E-state index contributed by atoms with van der Waals surface area (Å²) >= 11 is 6.23. The monoisotopic (exact) mass is 172 g/mol. The van der Waals surface area contributed by atoms with Gasteiger partial charge in [0.05, 0.1) is 0 Å². The summed E-state index contributed by atoms with van der Waals surface area (Å²) in [6, 6.07) is 0. The van der Waals surface area contributed by atoms with E-state index >= 15 is 0 Å². The molecule has 2 heteroatoms. The molecular weight excluding hydrogens is 154 g/mol. The third-order valence-electron chi connectivity index (χ3n) is 3.14. The van der Waals surface area contributed by atoms with Crippen LogP contribution in [-0.2, 0) is 0 Å². The maximum atomic E-state index is 6.23. The van der Waals surface area contributed by atoms with E-state index < -0.39 is 0 Å². The molecule has 2 unspecified atom stereocenters. The van der Waals surface area contributed by atoms with Gasteiger partial charge in [-0.1, -0.05) is 39.3 Å². The molecule has 0 nitrogen and oxygen atoms in total. The summed E-state index contributed by atoms with van der Waals surface area (Å²) in [5, 5.41) is 0.486. The number of hydrogen-bond donors (Lipinski definition) is 0. The van der Waals surface area contributed by atoms with Crippen LogP contribution in [0.25, 0.3) is 0 Å². The Hall–Kier alpha value is 0.355. The lowest BCUT2D eigenvalue weighted by Gasteiger charge is -2.19. The van der Waals surface area contributed by atoms with Crippen molar-refractivity contribution in [3.05, 3.63) is 0 Å². The Labute approximate surface area is 75.8 Å². The second-order valence-electron chi connectivity index (χ2n) is 3.69. The highest BCUT2D eigenvalue weighted by Gasteiger charge is 2.32. The topological polar surface area (TPSA) is 0 Å². The molecule has 1 aliphatic carbocycles. The van der Waals surface area contributed by atoms with Crippen LogP contribution in [0.5, 0.6) is 0 Å². The third-order valence-corrected chi connectivity index (χ3v) is 3.68. The Morgan fingerprint density at radius 3 is 2.27 bits per heavy atom. The molecule has 0 aliphatic heterocycles. The van der Waals surface area contributed by atoms with Gasteiger partial charge in [-0.25, -0.2) is 0 Å². The maximum Gasteiger partial charge on any atom is 0.144 e. The zero-order valence-electron chi connectivity index (χ0n) is 7.65. The summed E-state index contributed by atoms with van der Waals surface area (Å²) in [4.78, 5) is 0. The average Bonchev–Trinajstić information content (AvgIpc) is 2.40. The van der Waals surface area contributed by atoms with Gasteiger partial charge in [-0.15, -0.1) is 11.6 Å². The van der Waals surface area contributed by atoms with Crippen LogP contribution in [0.1, 0.15) is 33.1 Å². The van der Waals surface area contributed by atoms with Gasteiger partial charge in [-0.3, -0.25) is 0 Å². The molecule has 0 aromatic heterocycles. The van der Waals surface area contributed by atoms with Crippen LogP contribution in [0, 0.1) is 0 Å². The van der Waals surface area contributed by atoms with Crippen molar-refractivity contribution in [2.75, 3.05) is 0 Å². The summed E-state index contributed by atoms with van der Waals surface area (Å²) in [5.74, 6) is 0.826. The number of halogens is 1. The standard InChI is InChI=1S/C9H18BCl/c1-3-10(4-2)8-6-5-7-9(8)11/h8-9H,3-7H2,1-2H3.